The van der Waals surface area contributed by atoms with E-state index in [-0.39, 0.29) is 17.9 Å². The van der Waals surface area contributed by atoms with E-state index in [9.17, 15) is 74.7 Å². The van der Waals surface area contributed by atoms with Gasteiger partial charge in [-0.3, -0.25) is 28.8 Å². The molecule has 1 aromatic carbocycles. The summed E-state index contributed by atoms with van der Waals surface area (Å²) in [6, 6.07) is -6.28. The number of phenols is 1. The number of aromatic hydroxyl groups is 1. The van der Waals surface area contributed by atoms with E-state index in [1.54, 1.807) is 0 Å². The molecule has 1 aromatic rings. The summed E-state index contributed by atoms with van der Waals surface area (Å²) in [6.45, 7) is 2.85. The standard InChI is InChI=1S/C34H51N7O15/c1-12-10-41-24(25(12)47)32(54)39-30(52)20(46)9-18(35)28(50)36-21(13(2)42)33(55)40-11-17(45)8-19(40)29(51)38-23(31(53)37-22(14(3)43)34(41)56)27(49)26(48)15-4-6-16(44)7-5-15/h4-7,12-14,17-27,30,42-49,52H,8-11,35H2,1-3H3,(H,36,50)(H,37,53)(H,38,51)(H,39,54)/t12-,13?,14?,17+,18+,19-,20-,21+,22-,23-,24-,25-,26-,27-,30+/m0/s1. The van der Waals surface area contributed by atoms with Crippen molar-refractivity contribution in [1.82, 2.24) is 31.1 Å². The van der Waals surface area contributed by atoms with Crippen LogP contribution in [0, 0.1) is 5.92 Å². The monoisotopic (exact) mass is 797 g/mol. The summed E-state index contributed by atoms with van der Waals surface area (Å²) in [5.41, 5.74) is 5.88. The summed E-state index contributed by atoms with van der Waals surface area (Å²) in [7, 11) is 0. The number of hydrogen-bond donors (Lipinski definition) is 14. The summed E-state index contributed by atoms with van der Waals surface area (Å²) in [6.07, 6.45) is -15.8. The van der Waals surface area contributed by atoms with Crippen LogP contribution >= 0.6 is 0 Å². The number of nitrogens with one attached hydrogen (secondary N) is 4. The zero-order chi connectivity index (χ0) is 41.9. The van der Waals surface area contributed by atoms with Crippen LogP contribution in [0.2, 0.25) is 0 Å². The fourth-order valence-electron chi connectivity index (χ4n) is 6.92. The van der Waals surface area contributed by atoms with E-state index in [1.165, 1.54) is 19.1 Å². The Balaban J connectivity index is 1.80. The number of hydrogen-bond acceptors (Lipinski definition) is 16. The van der Waals surface area contributed by atoms with Crippen LogP contribution in [-0.2, 0) is 28.8 Å². The predicted octanol–water partition coefficient (Wildman–Crippen LogP) is -7.30. The van der Waals surface area contributed by atoms with Crippen LogP contribution in [-0.4, -0.2) is 183 Å². The Labute approximate surface area is 320 Å². The van der Waals surface area contributed by atoms with Gasteiger partial charge in [-0.15, -0.1) is 0 Å². The molecule has 3 aliphatic heterocycles. The number of carbonyl (C=O) groups excluding carboxylic acids is 6. The molecule has 3 saturated heterocycles. The van der Waals surface area contributed by atoms with Crippen LogP contribution < -0.4 is 27.0 Å². The first-order valence-corrected chi connectivity index (χ1v) is 18.0. The van der Waals surface area contributed by atoms with Gasteiger partial charge in [-0.05, 0) is 31.5 Å². The molecular formula is C34H51N7O15. The molecule has 4 rings (SSSR count). The molecule has 6 amide bonds. The lowest BCUT2D eigenvalue weighted by Gasteiger charge is -2.34. The van der Waals surface area contributed by atoms with E-state index in [2.05, 4.69) is 16.0 Å². The summed E-state index contributed by atoms with van der Waals surface area (Å²) >= 11 is 0. The lowest BCUT2D eigenvalue weighted by Crippen LogP contribution is -2.64. The van der Waals surface area contributed by atoms with Crippen molar-refractivity contribution in [1.29, 1.82) is 0 Å². The largest absolute Gasteiger partial charge is 0.508 e. The lowest BCUT2D eigenvalue weighted by atomic mass is 9.96. The molecule has 0 radical (unpaired) electrons. The molecule has 0 spiro atoms. The minimum absolute atomic E-state index is 0.0501. The maximum atomic E-state index is 14.0. The molecule has 3 fully saturated rings. The van der Waals surface area contributed by atoms with Gasteiger partial charge in [-0.1, -0.05) is 19.1 Å². The fourth-order valence-corrected chi connectivity index (χ4v) is 6.92. The van der Waals surface area contributed by atoms with Crippen molar-refractivity contribution in [3.8, 4) is 5.75 Å². The van der Waals surface area contributed by atoms with E-state index in [1.807, 2.05) is 5.32 Å². The second-order valence-corrected chi connectivity index (χ2v) is 14.6. The second kappa shape index (κ2) is 18.2. The highest BCUT2D eigenvalue weighted by molar-refractivity contribution is 5.98. The minimum Gasteiger partial charge on any atom is -0.508 e. The normalized spacial score (nSPS) is 35.2. The van der Waals surface area contributed by atoms with Gasteiger partial charge in [0.15, 0.2) is 6.23 Å². The van der Waals surface area contributed by atoms with Crippen LogP contribution in [0.4, 0.5) is 0 Å². The molecule has 2 unspecified atom stereocenters. The number of aliphatic hydroxyl groups is 8. The number of nitrogens with zero attached hydrogens (tertiary/aromatic N) is 2. The minimum atomic E-state index is -2.24. The first-order valence-electron chi connectivity index (χ1n) is 18.0. The number of nitrogens with two attached hydrogens (primary N) is 1. The number of benzene rings is 1. The summed E-state index contributed by atoms with van der Waals surface area (Å²) in [4.78, 5) is 83.9. The Hall–Kier alpha value is -4.52. The van der Waals surface area contributed by atoms with Crippen LogP contribution in [0.5, 0.6) is 5.75 Å². The molecule has 0 saturated carbocycles. The second-order valence-electron chi connectivity index (χ2n) is 14.6. The van der Waals surface area contributed by atoms with Gasteiger partial charge in [-0.25, -0.2) is 0 Å². The quantitative estimate of drug-likeness (QED) is 0.132. The Kier molecular flexibility index (Phi) is 14.3. The van der Waals surface area contributed by atoms with Crippen LogP contribution in [0.15, 0.2) is 24.3 Å². The molecule has 15 N–H and O–H groups in total. The third-order valence-electron chi connectivity index (χ3n) is 10.2. The van der Waals surface area contributed by atoms with Crippen LogP contribution in [0.3, 0.4) is 0 Å². The van der Waals surface area contributed by atoms with Crippen LogP contribution in [0.1, 0.15) is 45.3 Å². The van der Waals surface area contributed by atoms with Crippen LogP contribution in [0.25, 0.3) is 0 Å². The van der Waals surface area contributed by atoms with Crippen molar-refractivity contribution in [2.45, 2.75) is 119 Å². The van der Waals surface area contributed by atoms with Crippen molar-refractivity contribution in [3.63, 3.8) is 0 Å². The zero-order valence-corrected chi connectivity index (χ0v) is 30.7. The average molecular weight is 798 g/mol. The van der Waals surface area contributed by atoms with Crippen molar-refractivity contribution in [3.05, 3.63) is 29.8 Å². The van der Waals surface area contributed by atoms with Gasteiger partial charge in [0.05, 0.1) is 30.5 Å². The third-order valence-corrected chi connectivity index (χ3v) is 10.2. The maximum absolute atomic E-state index is 14.0. The highest BCUT2D eigenvalue weighted by atomic mass is 16.3. The zero-order valence-electron chi connectivity index (χ0n) is 30.7. The van der Waals surface area contributed by atoms with Gasteiger partial charge in [0.1, 0.15) is 54.3 Å². The lowest BCUT2D eigenvalue weighted by molar-refractivity contribution is -0.148. The van der Waals surface area contributed by atoms with Crippen molar-refractivity contribution in [2.24, 2.45) is 11.7 Å². The third kappa shape index (κ3) is 9.70. The van der Waals surface area contributed by atoms with E-state index >= 15 is 0 Å². The summed E-state index contributed by atoms with van der Waals surface area (Å²) in [5, 5.41) is 105. The topological polar surface area (TPSA) is 365 Å². The molecule has 15 atom stereocenters. The molecule has 0 aromatic heterocycles. The van der Waals surface area contributed by atoms with Gasteiger partial charge in [0.25, 0.3) is 0 Å². The molecule has 56 heavy (non-hydrogen) atoms. The molecule has 312 valence electrons. The first-order chi connectivity index (χ1) is 26.1. The summed E-state index contributed by atoms with van der Waals surface area (Å²) in [5.74, 6) is -8.12. The molecule has 22 heteroatoms. The van der Waals surface area contributed by atoms with Crippen molar-refractivity contribution in [2.75, 3.05) is 13.1 Å². The predicted molar refractivity (Wildman–Crippen MR) is 188 cm³/mol. The Morgan fingerprint density at radius 3 is 1.80 bits per heavy atom. The molecule has 22 nitrogen and oxygen atoms in total. The van der Waals surface area contributed by atoms with Crippen molar-refractivity contribution < 1.29 is 74.7 Å². The van der Waals surface area contributed by atoms with Gasteiger partial charge in [0.2, 0.25) is 35.4 Å². The maximum Gasteiger partial charge on any atom is 0.248 e. The average Bonchev–Trinajstić information content (AvgIpc) is 3.68. The van der Waals surface area contributed by atoms with Gasteiger partial charge >= 0.3 is 0 Å². The Morgan fingerprint density at radius 2 is 1.23 bits per heavy atom. The fraction of sp³-hybridized carbons (Fsp3) is 0.647. The first kappa shape index (κ1) is 44.2. The molecule has 3 heterocycles. The van der Waals surface area contributed by atoms with Gasteiger partial charge in [-0.2, -0.15) is 0 Å². The molecular weight excluding hydrogens is 746 g/mol. The van der Waals surface area contributed by atoms with Crippen molar-refractivity contribution >= 4 is 35.4 Å². The smallest absolute Gasteiger partial charge is 0.248 e. The Morgan fingerprint density at radius 1 is 0.696 bits per heavy atom. The SMILES string of the molecule is CC(O)[C@@H]1NC(=O)[C@H]([C@H](O)[C@@H](O)c2ccc(O)cc2)NC(=O)[C@@H]2C[C@@H](O)CN2C(=O)[C@@H](C(C)O)NC(=O)[C@H](N)C[C@H](O)[C@@H](O)NC(=O)[C@@H]2[C@@H](O)[C@@H](C)CN2C1=O. The molecule has 0 bridgehead atoms. The van der Waals surface area contributed by atoms with Gasteiger partial charge in [0, 0.05) is 31.8 Å². The number of aliphatic hydroxyl groups excluding tert-OH is 8. The number of phenolic OH excluding ortho intramolecular Hbond substituents is 1. The molecule has 0 aliphatic carbocycles. The number of carbonyl (C=O) groups is 6. The highest BCUT2D eigenvalue weighted by Crippen LogP contribution is 2.27. The number of rotatable bonds is 5. The van der Waals surface area contributed by atoms with Gasteiger partial charge < -0.3 is 82.8 Å². The highest BCUT2D eigenvalue weighted by Gasteiger charge is 2.50. The van der Waals surface area contributed by atoms with E-state index in [0.29, 0.717) is 0 Å². The molecule has 3 aliphatic rings. The Bertz CT molecular complexity index is 1620. The number of fused-ring (bicyclic) bond motifs is 2. The number of amides is 6. The van der Waals surface area contributed by atoms with E-state index in [0.717, 1.165) is 35.8 Å². The van der Waals surface area contributed by atoms with E-state index in [4.69, 9.17) is 5.73 Å². The summed E-state index contributed by atoms with van der Waals surface area (Å²) < 4.78 is 0. The van der Waals surface area contributed by atoms with E-state index < -0.39 is 146 Å².